The number of hydrogen-bond acceptors (Lipinski definition) is 8. The quantitative estimate of drug-likeness (QED) is 0.247. The third-order valence-electron chi connectivity index (χ3n) is 5.47. The lowest BCUT2D eigenvalue weighted by molar-refractivity contribution is -0.160. The molecule has 0 aliphatic rings. The van der Waals surface area contributed by atoms with Crippen molar-refractivity contribution < 1.29 is 43.3 Å². The number of hydrogen-bond donors (Lipinski definition) is 2. The number of ether oxygens (including phenoxy) is 3. The van der Waals surface area contributed by atoms with Crippen molar-refractivity contribution in [3.63, 3.8) is 0 Å². The number of carboxylic acids is 1. The molecule has 1 aromatic carbocycles. The number of nitrogens with zero attached hydrogens (tertiary/aromatic N) is 1. The van der Waals surface area contributed by atoms with Gasteiger partial charge in [0.05, 0.1) is 17.8 Å². The molecule has 1 aromatic rings. The fourth-order valence-electron chi connectivity index (χ4n) is 3.30. The van der Waals surface area contributed by atoms with Crippen molar-refractivity contribution in [3.05, 3.63) is 35.9 Å². The van der Waals surface area contributed by atoms with Crippen molar-refractivity contribution in [2.24, 2.45) is 11.3 Å². The molecule has 0 aromatic heterocycles. The molecule has 0 unspecified atom stereocenters. The van der Waals surface area contributed by atoms with Crippen LogP contribution < -0.4 is 5.32 Å². The van der Waals surface area contributed by atoms with E-state index in [4.69, 9.17) is 19.3 Å². The van der Waals surface area contributed by atoms with E-state index < -0.39 is 35.0 Å². The summed E-state index contributed by atoms with van der Waals surface area (Å²) in [7, 11) is 0. The Bertz CT molecular complexity index is 971. The van der Waals surface area contributed by atoms with Crippen molar-refractivity contribution in [3.8, 4) is 0 Å². The summed E-state index contributed by atoms with van der Waals surface area (Å²) in [6, 6.07) is 9.08. The van der Waals surface area contributed by atoms with Crippen LogP contribution in [0.25, 0.3) is 0 Å². The molecule has 0 fully saturated rings. The predicted molar refractivity (Wildman–Crippen MR) is 142 cm³/mol. The van der Waals surface area contributed by atoms with Crippen LogP contribution in [-0.2, 0) is 40.0 Å². The lowest BCUT2D eigenvalue weighted by Gasteiger charge is -2.30. The van der Waals surface area contributed by atoms with E-state index in [0.29, 0.717) is 6.42 Å². The topological polar surface area (TPSA) is 149 Å². The van der Waals surface area contributed by atoms with Crippen LogP contribution in [0.4, 0.5) is 4.79 Å². The Morgan fingerprint density at radius 3 is 2.21 bits per heavy atom. The third kappa shape index (κ3) is 14.2. The zero-order chi connectivity index (χ0) is 29.6. The van der Waals surface area contributed by atoms with Crippen LogP contribution in [-0.4, -0.2) is 71.8 Å². The lowest BCUT2D eigenvalue weighted by Crippen LogP contribution is -2.46. The minimum Gasteiger partial charge on any atom is -0.481 e. The van der Waals surface area contributed by atoms with Gasteiger partial charge in [-0.3, -0.25) is 19.2 Å². The molecule has 1 rings (SSSR count). The number of carbonyl (C=O) groups is 5. The Labute approximate surface area is 230 Å². The molecule has 0 bridgehead atoms. The molecule has 0 heterocycles. The van der Waals surface area contributed by atoms with Crippen LogP contribution in [0.3, 0.4) is 0 Å². The highest BCUT2D eigenvalue weighted by Gasteiger charge is 2.34. The number of nitrogens with one attached hydrogen (secondary N) is 1. The van der Waals surface area contributed by atoms with Gasteiger partial charge >= 0.3 is 24.0 Å². The molecule has 0 radical (unpaired) electrons. The molecule has 218 valence electrons. The summed E-state index contributed by atoms with van der Waals surface area (Å²) in [6.45, 7) is 9.96. The largest absolute Gasteiger partial charge is 0.481 e. The molecule has 0 aliphatic heterocycles. The van der Waals surface area contributed by atoms with Gasteiger partial charge < -0.3 is 29.5 Å². The second kappa shape index (κ2) is 15.7. The summed E-state index contributed by atoms with van der Waals surface area (Å²) in [4.78, 5) is 62.0. The number of carbonyl (C=O) groups excluding carboxylic acids is 4. The van der Waals surface area contributed by atoms with E-state index in [1.807, 2.05) is 18.2 Å². The Morgan fingerprint density at radius 1 is 0.974 bits per heavy atom. The SMILES string of the molecule is C[C@@H](CCC(=O)NCCN(CC(C)(C)C(=O)OCCC(=O)O)C(=O)OCc1ccccc1)C(=O)OC(C)(C)C. The predicted octanol–water partition coefficient (Wildman–Crippen LogP) is 3.54. The molecule has 1 atom stereocenters. The number of aliphatic carboxylic acids is 1. The van der Waals surface area contributed by atoms with Gasteiger partial charge in [0, 0.05) is 26.1 Å². The fraction of sp³-hybridized carbons (Fsp3) is 0.607. The zero-order valence-electron chi connectivity index (χ0n) is 23.8. The van der Waals surface area contributed by atoms with Crippen LogP contribution in [0.5, 0.6) is 0 Å². The molecule has 39 heavy (non-hydrogen) atoms. The molecule has 2 N–H and O–H groups in total. The second-order valence-electron chi connectivity index (χ2n) is 10.9. The van der Waals surface area contributed by atoms with Crippen molar-refractivity contribution in [2.45, 2.75) is 73.0 Å². The lowest BCUT2D eigenvalue weighted by atomic mass is 9.93. The summed E-state index contributed by atoms with van der Waals surface area (Å²) < 4.78 is 15.8. The summed E-state index contributed by atoms with van der Waals surface area (Å²) >= 11 is 0. The van der Waals surface area contributed by atoms with Crippen molar-refractivity contribution in [1.82, 2.24) is 10.2 Å². The Kier molecular flexibility index (Phi) is 13.4. The molecule has 0 saturated heterocycles. The summed E-state index contributed by atoms with van der Waals surface area (Å²) in [5.74, 6) is -2.88. The Balaban J connectivity index is 2.72. The van der Waals surface area contributed by atoms with Crippen molar-refractivity contribution in [2.75, 3.05) is 26.2 Å². The monoisotopic (exact) mass is 550 g/mol. The van der Waals surface area contributed by atoms with E-state index >= 15 is 0 Å². The summed E-state index contributed by atoms with van der Waals surface area (Å²) in [5, 5.41) is 11.5. The van der Waals surface area contributed by atoms with Gasteiger partial charge in [0.15, 0.2) is 0 Å². The standard InChI is InChI=1S/C28H42N2O9/c1-20(24(34)39-27(2,3)4)12-13-22(31)29-15-16-30(26(36)38-18-21-10-8-7-9-11-21)19-28(5,6)25(35)37-17-14-23(32)33/h7-11,20H,12-19H2,1-6H3,(H,29,31)(H,32,33)/t20-/m0/s1. The van der Waals surface area contributed by atoms with Gasteiger partial charge in [-0.1, -0.05) is 37.3 Å². The molecule has 11 heteroatoms. The maximum atomic E-state index is 12.9. The first-order chi connectivity index (χ1) is 18.1. The number of carboxylic acid groups (broad SMARTS) is 1. The van der Waals surface area contributed by atoms with Crippen LogP contribution in [0.1, 0.15) is 66.4 Å². The Morgan fingerprint density at radius 2 is 1.62 bits per heavy atom. The molecule has 0 spiro atoms. The van der Waals surface area contributed by atoms with Gasteiger partial charge in [0.25, 0.3) is 0 Å². The normalized spacial score (nSPS) is 12.2. The van der Waals surface area contributed by atoms with Gasteiger partial charge in [-0.05, 0) is 46.6 Å². The van der Waals surface area contributed by atoms with Crippen LogP contribution in [0, 0.1) is 11.3 Å². The van der Waals surface area contributed by atoms with E-state index in [2.05, 4.69) is 5.32 Å². The number of esters is 2. The third-order valence-corrected chi connectivity index (χ3v) is 5.47. The number of benzene rings is 1. The van der Waals surface area contributed by atoms with Crippen LogP contribution in [0.15, 0.2) is 30.3 Å². The molecule has 2 amide bonds. The van der Waals surface area contributed by atoms with E-state index in [0.717, 1.165) is 5.56 Å². The first-order valence-corrected chi connectivity index (χ1v) is 12.9. The van der Waals surface area contributed by atoms with Crippen LogP contribution in [0.2, 0.25) is 0 Å². The van der Waals surface area contributed by atoms with E-state index in [-0.39, 0.29) is 57.6 Å². The summed E-state index contributed by atoms with van der Waals surface area (Å²) in [5.41, 5.74) is -0.995. The van der Waals surface area contributed by atoms with Crippen LogP contribution >= 0.6 is 0 Å². The fourth-order valence-corrected chi connectivity index (χ4v) is 3.30. The second-order valence-corrected chi connectivity index (χ2v) is 10.9. The van der Waals surface area contributed by atoms with Gasteiger partial charge in [-0.2, -0.15) is 0 Å². The smallest absolute Gasteiger partial charge is 0.410 e. The van der Waals surface area contributed by atoms with Crippen molar-refractivity contribution in [1.29, 1.82) is 0 Å². The van der Waals surface area contributed by atoms with Gasteiger partial charge in [-0.25, -0.2) is 4.79 Å². The first-order valence-electron chi connectivity index (χ1n) is 12.9. The minimum absolute atomic E-state index is 0.0224. The average molecular weight is 551 g/mol. The Hall–Kier alpha value is -3.63. The molecular weight excluding hydrogens is 508 g/mol. The van der Waals surface area contributed by atoms with Crippen molar-refractivity contribution >= 4 is 29.9 Å². The molecule has 0 aliphatic carbocycles. The van der Waals surface area contributed by atoms with Gasteiger partial charge in [0.2, 0.25) is 5.91 Å². The molecular formula is C28H42N2O9. The average Bonchev–Trinajstić information content (AvgIpc) is 2.84. The first kappa shape index (κ1) is 33.4. The van der Waals surface area contributed by atoms with E-state index in [1.165, 1.54) is 4.90 Å². The highest BCUT2D eigenvalue weighted by molar-refractivity contribution is 5.79. The van der Waals surface area contributed by atoms with E-state index in [1.54, 1.807) is 53.7 Å². The highest BCUT2D eigenvalue weighted by atomic mass is 16.6. The van der Waals surface area contributed by atoms with Gasteiger partial charge in [0.1, 0.15) is 18.8 Å². The number of rotatable bonds is 15. The molecule has 11 nitrogen and oxygen atoms in total. The summed E-state index contributed by atoms with van der Waals surface area (Å²) in [6.07, 6.45) is -0.611. The highest BCUT2D eigenvalue weighted by Crippen LogP contribution is 2.20. The maximum Gasteiger partial charge on any atom is 0.410 e. The zero-order valence-corrected chi connectivity index (χ0v) is 23.8. The van der Waals surface area contributed by atoms with E-state index in [9.17, 15) is 24.0 Å². The van der Waals surface area contributed by atoms with Gasteiger partial charge in [-0.15, -0.1) is 0 Å². The maximum absolute atomic E-state index is 12.9. The number of amides is 2. The molecule has 0 saturated carbocycles. The minimum atomic E-state index is -1.17.